The molecular weight excluding hydrogens is 254 g/mol. The highest BCUT2D eigenvalue weighted by Gasteiger charge is 1.93. The topological polar surface area (TPSA) is 26.0 Å². The van der Waals surface area contributed by atoms with Gasteiger partial charge in [-0.25, -0.2) is 0 Å². The van der Waals surface area contributed by atoms with E-state index in [9.17, 15) is 0 Å². The molecule has 0 aromatic heterocycles. The van der Waals surface area contributed by atoms with Crippen LogP contribution in [0, 0.1) is 6.92 Å². The lowest BCUT2D eigenvalue weighted by Gasteiger charge is -2.00. The third-order valence-electron chi connectivity index (χ3n) is 2.16. The molecule has 2 aromatic carbocycles. The van der Waals surface area contributed by atoms with Gasteiger partial charge in [0.25, 0.3) is 0 Å². The van der Waals surface area contributed by atoms with Gasteiger partial charge in [-0.05, 0) is 24.6 Å². The van der Waals surface area contributed by atoms with Gasteiger partial charge in [0.2, 0.25) is 0 Å². The summed E-state index contributed by atoms with van der Waals surface area (Å²) in [7, 11) is 0. The molecule has 0 amide bonds. The zero-order valence-electron chi connectivity index (χ0n) is 14.7. The van der Waals surface area contributed by atoms with Gasteiger partial charge < -0.3 is 5.73 Å². The SMILES string of the molecule is CC.CCC.CCN.Cc1ccc(-c2ccccc2)cc1. The molecule has 0 spiro atoms. The molecule has 0 fully saturated rings. The molecular formula is C20H33N. The number of benzene rings is 2. The summed E-state index contributed by atoms with van der Waals surface area (Å²) < 4.78 is 0. The van der Waals surface area contributed by atoms with Gasteiger partial charge in [0.05, 0.1) is 0 Å². The number of rotatable bonds is 1. The fourth-order valence-corrected chi connectivity index (χ4v) is 1.38. The van der Waals surface area contributed by atoms with Crippen LogP contribution < -0.4 is 5.73 Å². The second kappa shape index (κ2) is 16.5. The van der Waals surface area contributed by atoms with Crippen molar-refractivity contribution >= 4 is 0 Å². The molecule has 21 heavy (non-hydrogen) atoms. The minimum absolute atomic E-state index is 0.750. The first kappa shape index (κ1) is 21.7. The highest BCUT2D eigenvalue weighted by atomic mass is 14.5. The van der Waals surface area contributed by atoms with E-state index in [4.69, 9.17) is 5.73 Å². The van der Waals surface area contributed by atoms with Gasteiger partial charge in [-0.3, -0.25) is 0 Å². The van der Waals surface area contributed by atoms with Gasteiger partial charge >= 0.3 is 0 Å². The molecule has 2 N–H and O–H groups in total. The van der Waals surface area contributed by atoms with Crippen LogP contribution in [0.25, 0.3) is 11.1 Å². The molecule has 0 aliphatic carbocycles. The lowest BCUT2D eigenvalue weighted by Crippen LogP contribution is -1.87. The van der Waals surface area contributed by atoms with Crippen LogP contribution in [0.2, 0.25) is 0 Å². The van der Waals surface area contributed by atoms with Crippen LogP contribution in [0.1, 0.15) is 46.6 Å². The van der Waals surface area contributed by atoms with Crippen LogP contribution in [0.15, 0.2) is 54.6 Å². The Kier molecular flexibility index (Phi) is 17.0. The van der Waals surface area contributed by atoms with E-state index in [1.165, 1.54) is 23.1 Å². The second-order valence-electron chi connectivity index (χ2n) is 4.35. The first-order chi connectivity index (χ1) is 10.2. The van der Waals surface area contributed by atoms with Crippen molar-refractivity contribution in [2.75, 3.05) is 6.54 Å². The molecule has 0 aliphatic rings. The van der Waals surface area contributed by atoms with E-state index in [0.29, 0.717) is 0 Å². The monoisotopic (exact) mass is 287 g/mol. The highest BCUT2D eigenvalue weighted by molar-refractivity contribution is 5.63. The maximum atomic E-state index is 4.85. The fourth-order valence-electron chi connectivity index (χ4n) is 1.38. The Balaban J connectivity index is 0. The van der Waals surface area contributed by atoms with Crippen LogP contribution in [0.4, 0.5) is 0 Å². The summed E-state index contributed by atoms with van der Waals surface area (Å²) >= 11 is 0. The zero-order chi connectivity index (χ0) is 16.5. The Morgan fingerprint density at radius 3 is 1.43 bits per heavy atom. The third kappa shape index (κ3) is 11.9. The molecule has 0 heterocycles. The molecule has 0 unspecified atom stereocenters. The Morgan fingerprint density at radius 1 is 0.714 bits per heavy atom. The molecule has 0 atom stereocenters. The van der Waals surface area contributed by atoms with Crippen molar-refractivity contribution in [2.24, 2.45) is 5.73 Å². The van der Waals surface area contributed by atoms with E-state index in [2.05, 4.69) is 69.3 Å². The molecule has 2 aromatic rings. The van der Waals surface area contributed by atoms with E-state index in [1.54, 1.807) is 0 Å². The van der Waals surface area contributed by atoms with Crippen molar-refractivity contribution in [3.63, 3.8) is 0 Å². The molecule has 1 nitrogen and oxygen atoms in total. The molecule has 118 valence electrons. The average molecular weight is 287 g/mol. The van der Waals surface area contributed by atoms with Gasteiger partial charge in [-0.15, -0.1) is 0 Å². The molecule has 0 saturated heterocycles. The average Bonchev–Trinajstić information content (AvgIpc) is 2.52. The number of aryl methyl sites for hydroxylation is 1. The maximum absolute atomic E-state index is 4.85. The predicted octanol–water partition coefficient (Wildman–Crippen LogP) is 6.07. The quantitative estimate of drug-likeness (QED) is 0.677. The van der Waals surface area contributed by atoms with E-state index in [1.807, 2.05) is 26.8 Å². The van der Waals surface area contributed by atoms with Crippen molar-refractivity contribution in [2.45, 2.75) is 48.0 Å². The van der Waals surface area contributed by atoms with Gasteiger partial charge in [0, 0.05) is 0 Å². The molecule has 0 bridgehead atoms. The number of hydrogen-bond donors (Lipinski definition) is 1. The van der Waals surface area contributed by atoms with E-state index >= 15 is 0 Å². The summed E-state index contributed by atoms with van der Waals surface area (Å²) in [6.07, 6.45) is 1.25. The minimum Gasteiger partial charge on any atom is -0.331 e. The summed E-state index contributed by atoms with van der Waals surface area (Å²) in [5, 5.41) is 0. The maximum Gasteiger partial charge on any atom is -0.0106 e. The second-order valence-corrected chi connectivity index (χ2v) is 4.35. The summed E-state index contributed by atoms with van der Waals surface area (Å²) in [6, 6.07) is 19.0. The van der Waals surface area contributed by atoms with Crippen molar-refractivity contribution < 1.29 is 0 Å². The lowest BCUT2D eigenvalue weighted by molar-refractivity contribution is 1.09. The number of hydrogen-bond acceptors (Lipinski definition) is 1. The lowest BCUT2D eigenvalue weighted by atomic mass is 10.0. The highest BCUT2D eigenvalue weighted by Crippen LogP contribution is 2.18. The smallest absolute Gasteiger partial charge is 0.0106 e. The Labute approximate surface area is 132 Å². The van der Waals surface area contributed by atoms with Gasteiger partial charge in [-0.2, -0.15) is 0 Å². The molecule has 0 aliphatic heterocycles. The molecule has 0 saturated carbocycles. The van der Waals surface area contributed by atoms with Gasteiger partial charge in [0.15, 0.2) is 0 Å². The Hall–Kier alpha value is -1.60. The number of nitrogens with two attached hydrogens (primary N) is 1. The summed E-state index contributed by atoms with van der Waals surface area (Å²) in [6.45, 7) is 13.0. The third-order valence-corrected chi connectivity index (χ3v) is 2.16. The first-order valence-corrected chi connectivity index (χ1v) is 8.01. The van der Waals surface area contributed by atoms with Crippen molar-refractivity contribution in [1.29, 1.82) is 0 Å². The Bertz CT molecular complexity index is 402. The summed E-state index contributed by atoms with van der Waals surface area (Å²) in [5.74, 6) is 0. The van der Waals surface area contributed by atoms with Crippen molar-refractivity contribution in [1.82, 2.24) is 0 Å². The first-order valence-electron chi connectivity index (χ1n) is 8.01. The van der Waals surface area contributed by atoms with Crippen LogP contribution in [0.5, 0.6) is 0 Å². The Morgan fingerprint density at radius 2 is 1.05 bits per heavy atom. The fraction of sp³-hybridized carbons (Fsp3) is 0.400. The van der Waals surface area contributed by atoms with Gasteiger partial charge in [-0.1, -0.05) is 101 Å². The normalized spacial score (nSPS) is 8.14. The summed E-state index contributed by atoms with van der Waals surface area (Å²) in [5.41, 5.74) is 8.72. The van der Waals surface area contributed by atoms with Crippen molar-refractivity contribution in [3.05, 3.63) is 60.2 Å². The minimum atomic E-state index is 0.750. The van der Waals surface area contributed by atoms with Crippen LogP contribution in [0.3, 0.4) is 0 Å². The van der Waals surface area contributed by atoms with Crippen LogP contribution >= 0.6 is 0 Å². The largest absolute Gasteiger partial charge is 0.331 e. The van der Waals surface area contributed by atoms with E-state index in [0.717, 1.165) is 6.54 Å². The predicted molar refractivity (Wildman–Crippen MR) is 98.7 cm³/mol. The van der Waals surface area contributed by atoms with Crippen LogP contribution in [-0.2, 0) is 0 Å². The van der Waals surface area contributed by atoms with Crippen LogP contribution in [-0.4, -0.2) is 6.54 Å². The summed E-state index contributed by atoms with van der Waals surface area (Å²) in [4.78, 5) is 0. The zero-order valence-corrected chi connectivity index (χ0v) is 14.7. The van der Waals surface area contributed by atoms with E-state index < -0.39 is 0 Å². The van der Waals surface area contributed by atoms with E-state index in [-0.39, 0.29) is 0 Å². The molecule has 1 heteroatoms. The molecule has 2 rings (SSSR count). The standard InChI is InChI=1S/C13H12.C3H8.C2H7N.C2H6/c1-11-7-9-13(10-8-11)12-5-3-2-4-6-12;1-3-2;1-2-3;1-2/h2-10H,1H3;3H2,1-2H3;2-3H2,1H3;1-2H3. The van der Waals surface area contributed by atoms with Gasteiger partial charge in [0.1, 0.15) is 0 Å². The molecule has 0 radical (unpaired) electrons. The van der Waals surface area contributed by atoms with Crippen molar-refractivity contribution in [3.8, 4) is 11.1 Å².